The average Bonchev–Trinajstić information content (AvgIpc) is 2.43. The van der Waals surface area contributed by atoms with Crippen molar-refractivity contribution in [2.24, 2.45) is 0 Å². The highest BCUT2D eigenvalue weighted by Gasteiger charge is 2.16. The van der Waals surface area contributed by atoms with E-state index in [1.807, 2.05) is 30.5 Å². The molecule has 100 valence electrons. The molecule has 2 aromatic rings. The smallest absolute Gasteiger partial charge is 0.162 e. The lowest BCUT2D eigenvalue weighted by atomic mass is 10.0. The molecule has 2 aromatic carbocycles. The summed E-state index contributed by atoms with van der Waals surface area (Å²) in [7, 11) is 0. The molecule has 4 heteroatoms. The second-order valence-corrected chi connectivity index (χ2v) is 6.08. The van der Waals surface area contributed by atoms with E-state index in [-0.39, 0.29) is 4.83 Å². The number of halogens is 3. The Hall–Kier alpha value is -0.870. The summed E-state index contributed by atoms with van der Waals surface area (Å²) in [5.74, 6) is -1.55. The summed E-state index contributed by atoms with van der Waals surface area (Å²) in [6, 6.07) is 12.2. The van der Waals surface area contributed by atoms with Crippen molar-refractivity contribution in [2.45, 2.75) is 16.1 Å². The largest absolute Gasteiger partial charge is 0.204 e. The maximum absolute atomic E-state index is 13.7. The number of thioether (sulfide) groups is 1. The fourth-order valence-electron chi connectivity index (χ4n) is 1.93. The molecule has 1 atom stereocenters. The topological polar surface area (TPSA) is 0 Å². The van der Waals surface area contributed by atoms with E-state index in [1.54, 1.807) is 17.8 Å². The molecule has 1 unspecified atom stereocenters. The van der Waals surface area contributed by atoms with Gasteiger partial charge in [0.1, 0.15) is 0 Å². The molecule has 0 aliphatic rings. The zero-order valence-corrected chi connectivity index (χ0v) is 12.8. The summed E-state index contributed by atoms with van der Waals surface area (Å²) >= 11 is 5.21. The quantitative estimate of drug-likeness (QED) is 0.532. The van der Waals surface area contributed by atoms with Crippen molar-refractivity contribution in [3.05, 3.63) is 65.2 Å². The molecule has 0 fully saturated rings. The van der Waals surface area contributed by atoms with Gasteiger partial charge in [0, 0.05) is 9.72 Å². The van der Waals surface area contributed by atoms with Gasteiger partial charge in [-0.3, -0.25) is 0 Å². The first-order valence-electron chi connectivity index (χ1n) is 5.83. The second-order valence-electron chi connectivity index (χ2n) is 4.13. The summed E-state index contributed by atoms with van der Waals surface area (Å²) in [6.45, 7) is 0. The summed E-state index contributed by atoms with van der Waals surface area (Å²) in [5.41, 5.74) is 1.48. The first-order chi connectivity index (χ1) is 9.13. The van der Waals surface area contributed by atoms with Gasteiger partial charge in [0.2, 0.25) is 0 Å². The molecule has 0 spiro atoms. The van der Waals surface area contributed by atoms with E-state index < -0.39 is 11.6 Å². The fraction of sp³-hybridized carbons (Fsp3) is 0.200. The minimum atomic E-state index is -0.796. The number of hydrogen-bond acceptors (Lipinski definition) is 1. The van der Waals surface area contributed by atoms with Gasteiger partial charge in [-0.25, -0.2) is 8.78 Å². The van der Waals surface area contributed by atoms with Gasteiger partial charge in [0.05, 0.1) is 0 Å². The number of benzene rings is 2. The predicted molar refractivity (Wildman–Crippen MR) is 80.0 cm³/mol. The summed E-state index contributed by atoms with van der Waals surface area (Å²) < 4.78 is 26.8. The Balaban J connectivity index is 2.26. The zero-order valence-electron chi connectivity index (χ0n) is 10.4. The highest BCUT2D eigenvalue weighted by atomic mass is 79.9. The fourth-order valence-corrected chi connectivity index (χ4v) is 3.49. The molecule has 0 radical (unpaired) electrons. The summed E-state index contributed by atoms with van der Waals surface area (Å²) in [6.07, 6.45) is 2.42. The van der Waals surface area contributed by atoms with Crippen molar-refractivity contribution in [3.8, 4) is 0 Å². The third-order valence-corrected chi connectivity index (χ3v) is 4.54. The van der Waals surface area contributed by atoms with Crippen LogP contribution in [0.2, 0.25) is 0 Å². The molecule has 0 aliphatic heterocycles. The molecule has 0 bridgehead atoms. The predicted octanol–water partition coefficient (Wildman–Crippen LogP) is 5.37. The van der Waals surface area contributed by atoms with Crippen LogP contribution in [0.1, 0.15) is 16.0 Å². The van der Waals surface area contributed by atoms with Crippen LogP contribution in [0.4, 0.5) is 8.78 Å². The molecule has 2 rings (SSSR count). The highest BCUT2D eigenvalue weighted by molar-refractivity contribution is 9.09. The van der Waals surface area contributed by atoms with E-state index >= 15 is 0 Å². The van der Waals surface area contributed by atoms with Gasteiger partial charge in [0.25, 0.3) is 0 Å². The lowest BCUT2D eigenvalue weighted by molar-refractivity contribution is 0.498. The van der Waals surface area contributed by atoms with Crippen LogP contribution >= 0.6 is 27.7 Å². The van der Waals surface area contributed by atoms with Crippen molar-refractivity contribution in [1.82, 2.24) is 0 Å². The van der Waals surface area contributed by atoms with Crippen molar-refractivity contribution < 1.29 is 8.78 Å². The molecule has 0 heterocycles. The molecule has 19 heavy (non-hydrogen) atoms. The Morgan fingerprint density at radius 1 is 1.11 bits per heavy atom. The average molecular weight is 343 g/mol. The number of rotatable bonds is 4. The van der Waals surface area contributed by atoms with Crippen LogP contribution in [0.5, 0.6) is 0 Å². The van der Waals surface area contributed by atoms with Gasteiger partial charge in [-0.15, -0.1) is 11.8 Å². The normalized spacial score (nSPS) is 12.4. The van der Waals surface area contributed by atoms with E-state index in [0.717, 1.165) is 16.5 Å². The molecule has 0 aliphatic carbocycles. The SMILES string of the molecule is CSc1ccccc1C(Br)Cc1cccc(F)c1F. The van der Waals surface area contributed by atoms with Crippen LogP contribution in [-0.4, -0.2) is 6.26 Å². The highest BCUT2D eigenvalue weighted by Crippen LogP contribution is 2.34. The van der Waals surface area contributed by atoms with Crippen LogP contribution in [0, 0.1) is 11.6 Å². The molecule has 0 N–H and O–H groups in total. The maximum atomic E-state index is 13.7. The molecule has 0 saturated carbocycles. The number of alkyl halides is 1. The lowest BCUT2D eigenvalue weighted by Gasteiger charge is -2.14. The number of hydrogen-bond donors (Lipinski definition) is 0. The van der Waals surface area contributed by atoms with E-state index in [4.69, 9.17) is 0 Å². The van der Waals surface area contributed by atoms with Crippen LogP contribution < -0.4 is 0 Å². The summed E-state index contributed by atoms with van der Waals surface area (Å²) in [5, 5.41) is 0. The third-order valence-electron chi connectivity index (χ3n) is 2.91. The molecular weight excluding hydrogens is 330 g/mol. The molecule has 0 amide bonds. The maximum Gasteiger partial charge on any atom is 0.162 e. The van der Waals surface area contributed by atoms with Crippen LogP contribution in [0.3, 0.4) is 0 Å². The van der Waals surface area contributed by atoms with Crippen molar-refractivity contribution in [2.75, 3.05) is 6.26 Å². The van der Waals surface area contributed by atoms with E-state index in [0.29, 0.717) is 12.0 Å². The van der Waals surface area contributed by atoms with E-state index in [1.165, 1.54) is 6.07 Å². The van der Waals surface area contributed by atoms with Gasteiger partial charge in [-0.2, -0.15) is 0 Å². The molecule has 0 aromatic heterocycles. The second kappa shape index (κ2) is 6.53. The van der Waals surface area contributed by atoms with Gasteiger partial charge < -0.3 is 0 Å². The standard InChI is InChI=1S/C15H13BrF2S/c1-19-14-8-3-2-6-11(14)12(16)9-10-5-4-7-13(17)15(10)18/h2-8,12H,9H2,1H3. The van der Waals surface area contributed by atoms with E-state index in [9.17, 15) is 8.78 Å². The first-order valence-corrected chi connectivity index (χ1v) is 7.97. The van der Waals surface area contributed by atoms with E-state index in [2.05, 4.69) is 15.9 Å². The third kappa shape index (κ3) is 3.37. The van der Waals surface area contributed by atoms with Crippen molar-refractivity contribution in [1.29, 1.82) is 0 Å². The summed E-state index contributed by atoms with van der Waals surface area (Å²) in [4.78, 5) is 1.11. The van der Waals surface area contributed by atoms with Crippen LogP contribution in [-0.2, 0) is 6.42 Å². The Bertz CT molecular complexity index is 572. The molecular formula is C15H13BrF2S. The van der Waals surface area contributed by atoms with Crippen LogP contribution in [0.15, 0.2) is 47.4 Å². The molecule has 0 nitrogen and oxygen atoms in total. The van der Waals surface area contributed by atoms with Crippen LogP contribution in [0.25, 0.3) is 0 Å². The van der Waals surface area contributed by atoms with Gasteiger partial charge in [-0.1, -0.05) is 46.3 Å². The Morgan fingerprint density at radius 3 is 2.58 bits per heavy atom. The minimum absolute atomic E-state index is 0.0348. The Labute approximate surface area is 124 Å². The Kier molecular flexibility index (Phi) is 4.99. The first kappa shape index (κ1) is 14.5. The van der Waals surface area contributed by atoms with Gasteiger partial charge in [-0.05, 0) is 35.9 Å². The van der Waals surface area contributed by atoms with Gasteiger partial charge >= 0.3 is 0 Å². The monoisotopic (exact) mass is 342 g/mol. The van der Waals surface area contributed by atoms with Crippen molar-refractivity contribution >= 4 is 27.7 Å². The Morgan fingerprint density at radius 2 is 1.84 bits per heavy atom. The van der Waals surface area contributed by atoms with Gasteiger partial charge in [0.15, 0.2) is 11.6 Å². The van der Waals surface area contributed by atoms with Crippen molar-refractivity contribution in [3.63, 3.8) is 0 Å². The zero-order chi connectivity index (χ0) is 13.8. The lowest BCUT2D eigenvalue weighted by Crippen LogP contribution is -2.01. The molecule has 0 saturated heterocycles. The minimum Gasteiger partial charge on any atom is -0.204 e.